The molecule has 0 aromatic carbocycles. The highest BCUT2D eigenvalue weighted by Gasteiger charge is 2.09. The van der Waals surface area contributed by atoms with Crippen molar-refractivity contribution >= 4 is 11.3 Å². The molecule has 0 fully saturated rings. The molecule has 2 heterocycles. The summed E-state index contributed by atoms with van der Waals surface area (Å²) >= 11 is 1.68. The van der Waals surface area contributed by atoms with Crippen molar-refractivity contribution < 1.29 is 0 Å². The van der Waals surface area contributed by atoms with E-state index in [9.17, 15) is 0 Å². The van der Waals surface area contributed by atoms with Gasteiger partial charge < -0.3 is 5.32 Å². The SMILES string of the molecule is Cc1csc(C(C)NCc2ncnn2C)n1. The van der Waals surface area contributed by atoms with Gasteiger partial charge in [-0.05, 0) is 13.8 Å². The summed E-state index contributed by atoms with van der Waals surface area (Å²) in [4.78, 5) is 8.61. The fourth-order valence-corrected chi connectivity index (χ4v) is 2.21. The minimum absolute atomic E-state index is 0.246. The molecule has 2 aromatic heterocycles. The Morgan fingerprint density at radius 2 is 2.38 bits per heavy atom. The Morgan fingerprint density at radius 3 is 2.94 bits per heavy atom. The predicted octanol–water partition coefficient (Wildman–Crippen LogP) is 1.43. The maximum atomic E-state index is 4.45. The van der Waals surface area contributed by atoms with Crippen molar-refractivity contribution in [3.63, 3.8) is 0 Å². The highest BCUT2D eigenvalue weighted by molar-refractivity contribution is 7.09. The van der Waals surface area contributed by atoms with Crippen molar-refractivity contribution in [2.45, 2.75) is 26.4 Å². The highest BCUT2D eigenvalue weighted by Crippen LogP contribution is 2.17. The molecule has 0 bridgehead atoms. The zero-order valence-electron chi connectivity index (χ0n) is 9.64. The van der Waals surface area contributed by atoms with Gasteiger partial charge in [-0.1, -0.05) is 0 Å². The maximum Gasteiger partial charge on any atom is 0.140 e. The van der Waals surface area contributed by atoms with Crippen LogP contribution in [0.2, 0.25) is 0 Å². The van der Waals surface area contributed by atoms with Crippen molar-refractivity contribution in [3.05, 3.63) is 28.2 Å². The lowest BCUT2D eigenvalue weighted by atomic mass is 10.3. The van der Waals surface area contributed by atoms with Gasteiger partial charge >= 0.3 is 0 Å². The number of nitrogens with zero attached hydrogens (tertiary/aromatic N) is 4. The normalized spacial score (nSPS) is 12.9. The van der Waals surface area contributed by atoms with E-state index in [4.69, 9.17) is 0 Å². The van der Waals surface area contributed by atoms with E-state index in [1.807, 2.05) is 14.0 Å². The van der Waals surface area contributed by atoms with Crippen LogP contribution in [0.25, 0.3) is 0 Å². The second-order valence-electron chi connectivity index (χ2n) is 3.73. The number of thiazole rings is 1. The predicted molar refractivity (Wildman–Crippen MR) is 63.1 cm³/mol. The summed E-state index contributed by atoms with van der Waals surface area (Å²) in [6, 6.07) is 0.246. The van der Waals surface area contributed by atoms with Crippen molar-refractivity contribution in [1.82, 2.24) is 25.1 Å². The third kappa shape index (κ3) is 2.45. The van der Waals surface area contributed by atoms with Gasteiger partial charge in [0.15, 0.2) is 0 Å². The number of rotatable bonds is 4. The van der Waals surface area contributed by atoms with Gasteiger partial charge in [0.2, 0.25) is 0 Å². The van der Waals surface area contributed by atoms with E-state index in [0.717, 1.165) is 16.5 Å². The molecule has 2 aromatic rings. The van der Waals surface area contributed by atoms with E-state index >= 15 is 0 Å². The highest BCUT2D eigenvalue weighted by atomic mass is 32.1. The summed E-state index contributed by atoms with van der Waals surface area (Å²) < 4.78 is 1.77. The molecular weight excluding hydrogens is 222 g/mol. The third-order valence-electron chi connectivity index (χ3n) is 2.38. The summed E-state index contributed by atoms with van der Waals surface area (Å²) in [5.41, 5.74) is 1.08. The third-order valence-corrected chi connectivity index (χ3v) is 3.52. The summed E-state index contributed by atoms with van der Waals surface area (Å²) in [6.45, 7) is 4.82. The molecule has 0 spiro atoms. The van der Waals surface area contributed by atoms with E-state index in [2.05, 4.69) is 32.7 Å². The molecule has 1 N–H and O–H groups in total. The number of aryl methyl sites for hydroxylation is 2. The first kappa shape index (κ1) is 11.2. The van der Waals surface area contributed by atoms with Crippen LogP contribution in [-0.2, 0) is 13.6 Å². The minimum atomic E-state index is 0.246. The number of aromatic nitrogens is 4. The van der Waals surface area contributed by atoms with E-state index in [-0.39, 0.29) is 6.04 Å². The van der Waals surface area contributed by atoms with Crippen molar-refractivity contribution in [2.24, 2.45) is 7.05 Å². The second kappa shape index (κ2) is 4.71. The molecule has 86 valence electrons. The van der Waals surface area contributed by atoms with Crippen molar-refractivity contribution in [1.29, 1.82) is 0 Å². The van der Waals surface area contributed by atoms with E-state index in [1.54, 1.807) is 22.3 Å². The van der Waals surface area contributed by atoms with Crippen LogP contribution in [0.4, 0.5) is 0 Å². The van der Waals surface area contributed by atoms with Crippen LogP contribution in [0.1, 0.15) is 29.5 Å². The molecule has 16 heavy (non-hydrogen) atoms. The van der Waals surface area contributed by atoms with Crippen molar-refractivity contribution in [3.8, 4) is 0 Å². The fourth-order valence-electron chi connectivity index (χ4n) is 1.38. The Balaban J connectivity index is 1.93. The van der Waals surface area contributed by atoms with Gasteiger partial charge in [-0.25, -0.2) is 9.97 Å². The molecule has 1 unspecified atom stereocenters. The maximum absolute atomic E-state index is 4.45. The molecule has 0 aliphatic heterocycles. The summed E-state index contributed by atoms with van der Waals surface area (Å²) in [7, 11) is 1.89. The average molecular weight is 237 g/mol. The Hall–Kier alpha value is -1.27. The molecule has 0 saturated heterocycles. The lowest BCUT2D eigenvalue weighted by molar-refractivity contribution is 0.538. The summed E-state index contributed by atoms with van der Waals surface area (Å²) in [6.07, 6.45) is 1.56. The van der Waals surface area contributed by atoms with Gasteiger partial charge in [-0.2, -0.15) is 5.10 Å². The minimum Gasteiger partial charge on any atom is -0.301 e. The van der Waals surface area contributed by atoms with E-state index < -0.39 is 0 Å². The lowest BCUT2D eigenvalue weighted by Gasteiger charge is -2.10. The Morgan fingerprint density at radius 1 is 1.56 bits per heavy atom. The van der Waals surface area contributed by atoms with Gasteiger partial charge in [0.05, 0.1) is 12.6 Å². The number of hydrogen-bond donors (Lipinski definition) is 1. The zero-order valence-corrected chi connectivity index (χ0v) is 10.5. The van der Waals surface area contributed by atoms with Gasteiger partial charge in [0.25, 0.3) is 0 Å². The summed E-state index contributed by atoms with van der Waals surface area (Å²) in [5.74, 6) is 0.931. The molecule has 6 heteroatoms. The van der Waals surface area contributed by atoms with Gasteiger partial charge in [0, 0.05) is 18.1 Å². The van der Waals surface area contributed by atoms with Crippen LogP contribution < -0.4 is 5.32 Å². The Kier molecular flexibility index (Phi) is 3.31. The molecule has 0 saturated carbocycles. The Labute approximate surface area is 98.5 Å². The molecule has 2 rings (SSSR count). The quantitative estimate of drug-likeness (QED) is 0.874. The van der Waals surface area contributed by atoms with Crippen molar-refractivity contribution in [2.75, 3.05) is 0 Å². The first-order chi connectivity index (χ1) is 7.66. The average Bonchev–Trinajstić information content (AvgIpc) is 2.84. The van der Waals surface area contributed by atoms with Gasteiger partial charge in [-0.15, -0.1) is 11.3 Å². The number of hydrogen-bond acceptors (Lipinski definition) is 5. The van der Waals surface area contributed by atoms with Gasteiger partial charge in [0.1, 0.15) is 17.2 Å². The first-order valence-electron chi connectivity index (χ1n) is 5.15. The molecule has 5 nitrogen and oxygen atoms in total. The van der Waals surface area contributed by atoms with Crippen LogP contribution in [0, 0.1) is 6.92 Å². The second-order valence-corrected chi connectivity index (χ2v) is 4.62. The standard InChI is InChI=1S/C10H15N5S/c1-7-5-16-10(14-7)8(2)11-4-9-12-6-13-15(9)3/h5-6,8,11H,4H2,1-3H3. The molecule has 0 amide bonds. The van der Waals surface area contributed by atoms with Crippen LogP contribution in [0.5, 0.6) is 0 Å². The van der Waals surface area contributed by atoms with E-state index in [0.29, 0.717) is 6.54 Å². The van der Waals surface area contributed by atoms with Gasteiger partial charge in [-0.3, -0.25) is 4.68 Å². The smallest absolute Gasteiger partial charge is 0.140 e. The number of nitrogens with one attached hydrogen (secondary N) is 1. The Bertz CT molecular complexity index is 461. The van der Waals surface area contributed by atoms with Crippen LogP contribution >= 0.6 is 11.3 Å². The lowest BCUT2D eigenvalue weighted by Crippen LogP contribution is -2.20. The monoisotopic (exact) mass is 237 g/mol. The molecule has 0 aliphatic carbocycles. The van der Waals surface area contributed by atoms with Crippen LogP contribution in [-0.4, -0.2) is 19.7 Å². The van der Waals surface area contributed by atoms with Crippen LogP contribution in [0.3, 0.4) is 0 Å². The van der Waals surface area contributed by atoms with Crippen LogP contribution in [0.15, 0.2) is 11.7 Å². The molecule has 0 aliphatic rings. The van der Waals surface area contributed by atoms with E-state index in [1.165, 1.54) is 0 Å². The zero-order chi connectivity index (χ0) is 11.5. The topological polar surface area (TPSA) is 55.6 Å². The summed E-state index contributed by atoms with van der Waals surface area (Å²) in [5, 5.41) is 10.6. The molecular formula is C10H15N5S. The fraction of sp³-hybridized carbons (Fsp3) is 0.500. The molecule has 1 atom stereocenters. The molecule has 0 radical (unpaired) electrons. The first-order valence-corrected chi connectivity index (χ1v) is 6.03. The largest absolute Gasteiger partial charge is 0.301 e.